The predicted octanol–water partition coefficient (Wildman–Crippen LogP) is 3.13. The summed E-state index contributed by atoms with van der Waals surface area (Å²) in [6.45, 7) is 4.64. The SMILES string of the molecule is CCc1nc(C)ccc1OCc1cc(F)ccc1CN. The molecule has 2 N–H and O–H groups in total. The average Bonchev–Trinajstić information content (AvgIpc) is 2.46. The largest absolute Gasteiger partial charge is 0.487 e. The Balaban J connectivity index is 2.18. The molecule has 0 spiro atoms. The van der Waals surface area contributed by atoms with Crippen molar-refractivity contribution in [3.63, 3.8) is 0 Å². The lowest BCUT2D eigenvalue weighted by Gasteiger charge is -2.12. The van der Waals surface area contributed by atoms with Gasteiger partial charge in [-0.3, -0.25) is 4.98 Å². The van der Waals surface area contributed by atoms with E-state index in [0.29, 0.717) is 13.2 Å². The van der Waals surface area contributed by atoms with Gasteiger partial charge in [0.2, 0.25) is 0 Å². The van der Waals surface area contributed by atoms with E-state index in [-0.39, 0.29) is 5.82 Å². The van der Waals surface area contributed by atoms with Crippen LogP contribution in [-0.4, -0.2) is 4.98 Å². The number of nitrogens with two attached hydrogens (primary N) is 1. The van der Waals surface area contributed by atoms with Gasteiger partial charge in [0, 0.05) is 12.2 Å². The van der Waals surface area contributed by atoms with Gasteiger partial charge in [0.15, 0.2) is 0 Å². The molecule has 20 heavy (non-hydrogen) atoms. The molecule has 0 amide bonds. The molecule has 1 aromatic carbocycles. The highest BCUT2D eigenvalue weighted by Crippen LogP contribution is 2.20. The lowest BCUT2D eigenvalue weighted by atomic mass is 10.1. The zero-order valence-electron chi connectivity index (χ0n) is 11.8. The highest BCUT2D eigenvalue weighted by atomic mass is 19.1. The maximum absolute atomic E-state index is 13.3. The smallest absolute Gasteiger partial charge is 0.141 e. The summed E-state index contributed by atoms with van der Waals surface area (Å²) in [5.41, 5.74) is 9.20. The zero-order valence-corrected chi connectivity index (χ0v) is 11.8. The molecule has 0 unspecified atom stereocenters. The highest BCUT2D eigenvalue weighted by Gasteiger charge is 2.07. The molecule has 2 aromatic rings. The van der Waals surface area contributed by atoms with Crippen LogP contribution in [0.5, 0.6) is 5.75 Å². The molecule has 1 aromatic heterocycles. The molecule has 0 saturated heterocycles. The number of rotatable bonds is 5. The maximum atomic E-state index is 13.3. The Bertz CT molecular complexity index is 599. The summed E-state index contributed by atoms with van der Waals surface area (Å²) >= 11 is 0. The first kappa shape index (κ1) is 14.5. The first-order chi connectivity index (χ1) is 9.63. The Morgan fingerprint density at radius 3 is 2.70 bits per heavy atom. The Labute approximate surface area is 118 Å². The monoisotopic (exact) mass is 274 g/mol. The van der Waals surface area contributed by atoms with Crippen LogP contribution in [0.1, 0.15) is 29.4 Å². The molecule has 0 saturated carbocycles. The molecule has 0 atom stereocenters. The van der Waals surface area contributed by atoms with Crippen LogP contribution in [0.3, 0.4) is 0 Å². The van der Waals surface area contributed by atoms with E-state index >= 15 is 0 Å². The summed E-state index contributed by atoms with van der Waals surface area (Å²) in [5.74, 6) is 0.462. The zero-order chi connectivity index (χ0) is 14.5. The van der Waals surface area contributed by atoms with Crippen LogP contribution in [0.4, 0.5) is 4.39 Å². The summed E-state index contributed by atoms with van der Waals surface area (Å²) in [7, 11) is 0. The molecule has 2 rings (SSSR count). The van der Waals surface area contributed by atoms with Crippen LogP contribution < -0.4 is 10.5 Å². The topological polar surface area (TPSA) is 48.1 Å². The van der Waals surface area contributed by atoms with Gasteiger partial charge in [-0.2, -0.15) is 0 Å². The Morgan fingerprint density at radius 2 is 2.00 bits per heavy atom. The van der Waals surface area contributed by atoms with E-state index in [1.54, 1.807) is 6.07 Å². The number of hydrogen-bond donors (Lipinski definition) is 1. The van der Waals surface area contributed by atoms with Gasteiger partial charge in [-0.25, -0.2) is 4.39 Å². The van der Waals surface area contributed by atoms with Gasteiger partial charge in [-0.05, 0) is 48.7 Å². The van der Waals surface area contributed by atoms with Gasteiger partial charge in [-0.1, -0.05) is 13.0 Å². The third-order valence-electron chi connectivity index (χ3n) is 3.18. The summed E-state index contributed by atoms with van der Waals surface area (Å²) < 4.78 is 19.1. The number of benzene rings is 1. The third kappa shape index (κ3) is 3.33. The molecule has 0 fully saturated rings. The van der Waals surface area contributed by atoms with E-state index in [9.17, 15) is 4.39 Å². The van der Waals surface area contributed by atoms with Crippen molar-refractivity contribution in [3.05, 3.63) is 58.7 Å². The fraction of sp³-hybridized carbons (Fsp3) is 0.312. The summed E-state index contributed by atoms with van der Waals surface area (Å²) in [6.07, 6.45) is 0.796. The van der Waals surface area contributed by atoms with Crippen molar-refractivity contribution >= 4 is 0 Å². The van der Waals surface area contributed by atoms with Gasteiger partial charge in [0.25, 0.3) is 0 Å². The van der Waals surface area contributed by atoms with Gasteiger partial charge in [0.05, 0.1) is 5.69 Å². The predicted molar refractivity (Wildman–Crippen MR) is 77.0 cm³/mol. The number of ether oxygens (including phenoxy) is 1. The van der Waals surface area contributed by atoms with E-state index in [4.69, 9.17) is 10.5 Å². The lowest BCUT2D eigenvalue weighted by Crippen LogP contribution is -2.06. The molecular weight excluding hydrogens is 255 g/mol. The molecule has 1 heterocycles. The standard InChI is InChI=1S/C16H19FN2O/c1-3-15-16(7-4-11(2)19-15)20-10-13-8-14(17)6-5-12(13)9-18/h4-8H,3,9-10,18H2,1-2H3. The second-order valence-corrected chi connectivity index (χ2v) is 4.66. The van der Waals surface area contributed by atoms with Crippen molar-refractivity contribution in [3.8, 4) is 5.75 Å². The van der Waals surface area contributed by atoms with Crippen molar-refractivity contribution in [2.24, 2.45) is 5.73 Å². The molecular formula is C16H19FN2O. The summed E-state index contributed by atoms with van der Waals surface area (Å²) in [4.78, 5) is 4.44. The number of nitrogens with zero attached hydrogens (tertiary/aromatic N) is 1. The Hall–Kier alpha value is -1.94. The van der Waals surface area contributed by atoms with Gasteiger partial charge < -0.3 is 10.5 Å². The van der Waals surface area contributed by atoms with Gasteiger partial charge >= 0.3 is 0 Å². The number of halogens is 1. The third-order valence-corrected chi connectivity index (χ3v) is 3.18. The van der Waals surface area contributed by atoms with E-state index in [2.05, 4.69) is 4.98 Å². The van der Waals surface area contributed by atoms with Gasteiger partial charge in [-0.15, -0.1) is 0 Å². The Kier molecular flexibility index (Phi) is 4.69. The lowest BCUT2D eigenvalue weighted by molar-refractivity contribution is 0.299. The Morgan fingerprint density at radius 1 is 1.20 bits per heavy atom. The number of aryl methyl sites for hydroxylation is 2. The minimum Gasteiger partial charge on any atom is -0.487 e. The number of hydrogen-bond acceptors (Lipinski definition) is 3. The molecule has 4 heteroatoms. The minimum atomic E-state index is -0.279. The first-order valence-electron chi connectivity index (χ1n) is 6.70. The van der Waals surface area contributed by atoms with Crippen molar-refractivity contribution < 1.29 is 9.13 Å². The molecule has 0 radical (unpaired) electrons. The van der Waals surface area contributed by atoms with Crippen molar-refractivity contribution in [2.75, 3.05) is 0 Å². The van der Waals surface area contributed by atoms with Gasteiger partial charge in [0.1, 0.15) is 18.2 Å². The molecule has 106 valence electrons. The fourth-order valence-electron chi connectivity index (χ4n) is 2.07. The first-order valence-corrected chi connectivity index (χ1v) is 6.70. The summed E-state index contributed by atoms with van der Waals surface area (Å²) in [5, 5.41) is 0. The number of pyridine rings is 1. The second-order valence-electron chi connectivity index (χ2n) is 4.66. The second kappa shape index (κ2) is 6.48. The van der Waals surface area contributed by atoms with Crippen molar-refractivity contribution in [2.45, 2.75) is 33.4 Å². The van der Waals surface area contributed by atoms with E-state index in [0.717, 1.165) is 34.7 Å². The van der Waals surface area contributed by atoms with Crippen LogP contribution in [-0.2, 0) is 19.6 Å². The van der Waals surface area contributed by atoms with Crippen LogP contribution in [0.2, 0.25) is 0 Å². The average molecular weight is 274 g/mol. The normalized spacial score (nSPS) is 10.6. The van der Waals surface area contributed by atoms with E-state index in [1.807, 2.05) is 26.0 Å². The van der Waals surface area contributed by atoms with Crippen LogP contribution >= 0.6 is 0 Å². The minimum absolute atomic E-state index is 0.279. The highest BCUT2D eigenvalue weighted by molar-refractivity contribution is 5.31. The van der Waals surface area contributed by atoms with Crippen LogP contribution in [0, 0.1) is 12.7 Å². The molecule has 0 aliphatic rings. The maximum Gasteiger partial charge on any atom is 0.141 e. The quantitative estimate of drug-likeness (QED) is 0.911. The van der Waals surface area contributed by atoms with Crippen molar-refractivity contribution in [1.82, 2.24) is 4.98 Å². The molecule has 0 bridgehead atoms. The van der Waals surface area contributed by atoms with E-state index < -0.39 is 0 Å². The van der Waals surface area contributed by atoms with E-state index in [1.165, 1.54) is 12.1 Å². The van der Waals surface area contributed by atoms with Crippen LogP contribution in [0.25, 0.3) is 0 Å². The molecule has 0 aliphatic heterocycles. The summed E-state index contributed by atoms with van der Waals surface area (Å²) in [6, 6.07) is 8.39. The van der Waals surface area contributed by atoms with Crippen molar-refractivity contribution in [1.29, 1.82) is 0 Å². The molecule has 3 nitrogen and oxygen atoms in total. The van der Waals surface area contributed by atoms with Crippen LogP contribution in [0.15, 0.2) is 30.3 Å². The number of aromatic nitrogens is 1. The molecule has 0 aliphatic carbocycles. The fourth-order valence-corrected chi connectivity index (χ4v) is 2.07.